The molecule has 0 amide bonds. The number of ether oxygens (including phenoxy) is 1. The van der Waals surface area contributed by atoms with Crippen LogP contribution in [0.4, 0.5) is 22.0 Å². The van der Waals surface area contributed by atoms with Crippen LogP contribution >= 0.6 is 0 Å². The SMILES string of the molecule is COC(=O)Cc1c(C(F)(F)F)cc(C(F)F)nc1C. The van der Waals surface area contributed by atoms with Gasteiger partial charge in [0.2, 0.25) is 0 Å². The normalized spacial score (nSPS) is 11.8. The molecular formula is C11H10F5NO2. The van der Waals surface area contributed by atoms with E-state index >= 15 is 0 Å². The van der Waals surface area contributed by atoms with Gasteiger partial charge in [-0.3, -0.25) is 9.78 Å². The van der Waals surface area contributed by atoms with Crippen LogP contribution in [-0.4, -0.2) is 18.1 Å². The number of hydrogen-bond donors (Lipinski definition) is 0. The van der Waals surface area contributed by atoms with E-state index in [-0.39, 0.29) is 11.8 Å². The molecule has 0 bridgehead atoms. The molecule has 8 heteroatoms. The average molecular weight is 283 g/mol. The Morgan fingerprint density at radius 2 is 2.00 bits per heavy atom. The highest BCUT2D eigenvalue weighted by Gasteiger charge is 2.36. The van der Waals surface area contributed by atoms with Gasteiger partial charge in [0.25, 0.3) is 6.43 Å². The summed E-state index contributed by atoms with van der Waals surface area (Å²) in [5, 5.41) is 0. The van der Waals surface area contributed by atoms with Crippen molar-refractivity contribution in [1.82, 2.24) is 4.98 Å². The molecule has 0 aliphatic rings. The van der Waals surface area contributed by atoms with Crippen molar-refractivity contribution in [3.05, 3.63) is 28.6 Å². The number of hydrogen-bond acceptors (Lipinski definition) is 3. The lowest BCUT2D eigenvalue weighted by atomic mass is 10.0. The third-order valence-electron chi connectivity index (χ3n) is 2.43. The Labute approximate surface area is 105 Å². The van der Waals surface area contributed by atoms with E-state index in [2.05, 4.69) is 9.72 Å². The fourth-order valence-corrected chi connectivity index (χ4v) is 1.53. The molecule has 0 aliphatic heterocycles. The molecule has 1 rings (SSSR count). The van der Waals surface area contributed by atoms with Crippen LogP contribution in [-0.2, 0) is 22.1 Å². The molecule has 3 nitrogen and oxygen atoms in total. The lowest BCUT2D eigenvalue weighted by Crippen LogP contribution is -2.17. The first-order chi connectivity index (χ1) is 8.66. The number of esters is 1. The van der Waals surface area contributed by atoms with Crippen LogP contribution < -0.4 is 0 Å². The van der Waals surface area contributed by atoms with Crippen molar-refractivity contribution in [2.75, 3.05) is 7.11 Å². The minimum atomic E-state index is -4.85. The smallest absolute Gasteiger partial charge is 0.416 e. The van der Waals surface area contributed by atoms with Crippen molar-refractivity contribution in [3.63, 3.8) is 0 Å². The van der Waals surface area contributed by atoms with Crippen molar-refractivity contribution < 1.29 is 31.5 Å². The Morgan fingerprint density at radius 3 is 2.42 bits per heavy atom. The number of aryl methyl sites for hydroxylation is 1. The Hall–Kier alpha value is -1.73. The van der Waals surface area contributed by atoms with Crippen LogP contribution in [0, 0.1) is 6.92 Å². The Bertz CT molecular complexity index is 485. The van der Waals surface area contributed by atoms with Crippen molar-refractivity contribution in [2.24, 2.45) is 0 Å². The Kier molecular flexibility index (Phi) is 4.43. The standard InChI is InChI=1S/C11H10F5NO2/c1-5-6(3-9(18)19-2)7(11(14,15)16)4-8(17-5)10(12)13/h4,10H,3H2,1-2H3. The molecule has 0 atom stereocenters. The van der Waals surface area contributed by atoms with Gasteiger partial charge in [-0.15, -0.1) is 0 Å². The highest BCUT2D eigenvalue weighted by Crippen LogP contribution is 2.35. The lowest BCUT2D eigenvalue weighted by molar-refractivity contribution is -0.141. The molecule has 1 aromatic heterocycles. The first-order valence-electron chi connectivity index (χ1n) is 5.09. The molecule has 1 aromatic rings. The first-order valence-corrected chi connectivity index (χ1v) is 5.09. The summed E-state index contributed by atoms with van der Waals surface area (Å²) in [7, 11) is 1.02. The van der Waals surface area contributed by atoms with E-state index in [1.165, 1.54) is 0 Å². The highest BCUT2D eigenvalue weighted by molar-refractivity contribution is 5.73. The van der Waals surface area contributed by atoms with E-state index in [0.717, 1.165) is 14.0 Å². The van der Waals surface area contributed by atoms with Crippen LogP contribution in [0.3, 0.4) is 0 Å². The zero-order valence-electron chi connectivity index (χ0n) is 10.0. The molecule has 0 fully saturated rings. The zero-order valence-corrected chi connectivity index (χ0v) is 10.0. The van der Waals surface area contributed by atoms with E-state index < -0.39 is 41.8 Å². The Balaban J connectivity index is 3.39. The van der Waals surface area contributed by atoms with Gasteiger partial charge in [0.1, 0.15) is 5.69 Å². The largest absolute Gasteiger partial charge is 0.469 e. The van der Waals surface area contributed by atoms with Gasteiger partial charge in [-0.05, 0) is 18.6 Å². The second-order valence-corrected chi connectivity index (χ2v) is 3.71. The van der Waals surface area contributed by atoms with Crippen molar-refractivity contribution in [3.8, 4) is 0 Å². The van der Waals surface area contributed by atoms with E-state index in [9.17, 15) is 26.7 Å². The number of carbonyl (C=O) groups excluding carboxylic acids is 1. The predicted molar refractivity (Wildman–Crippen MR) is 54.7 cm³/mol. The fraction of sp³-hybridized carbons (Fsp3) is 0.455. The number of nitrogens with zero attached hydrogens (tertiary/aromatic N) is 1. The van der Waals surface area contributed by atoms with Crippen LogP contribution in [0.25, 0.3) is 0 Å². The summed E-state index contributed by atoms with van der Waals surface area (Å²) in [6.45, 7) is 1.14. The quantitative estimate of drug-likeness (QED) is 0.632. The predicted octanol–water partition coefficient (Wildman–Crippen LogP) is 3.06. The lowest BCUT2D eigenvalue weighted by Gasteiger charge is -2.15. The number of aromatic nitrogens is 1. The number of alkyl halides is 5. The molecular weight excluding hydrogens is 273 g/mol. The van der Waals surface area contributed by atoms with Gasteiger partial charge in [-0.1, -0.05) is 0 Å². The number of pyridine rings is 1. The molecule has 0 saturated heterocycles. The van der Waals surface area contributed by atoms with Crippen LogP contribution in [0.2, 0.25) is 0 Å². The molecule has 1 heterocycles. The number of halogens is 5. The molecule has 0 aromatic carbocycles. The molecule has 0 radical (unpaired) electrons. The van der Waals surface area contributed by atoms with Gasteiger partial charge < -0.3 is 4.74 Å². The maximum Gasteiger partial charge on any atom is 0.416 e. The van der Waals surface area contributed by atoms with E-state index in [4.69, 9.17) is 0 Å². The van der Waals surface area contributed by atoms with E-state index in [0.29, 0.717) is 0 Å². The molecule has 106 valence electrons. The molecule has 19 heavy (non-hydrogen) atoms. The maximum atomic E-state index is 12.8. The summed E-state index contributed by atoms with van der Waals surface area (Å²) in [4.78, 5) is 14.4. The monoisotopic (exact) mass is 283 g/mol. The summed E-state index contributed by atoms with van der Waals surface area (Å²) >= 11 is 0. The van der Waals surface area contributed by atoms with E-state index in [1.807, 2.05) is 0 Å². The molecule has 0 aliphatic carbocycles. The molecule has 0 unspecified atom stereocenters. The van der Waals surface area contributed by atoms with Crippen LogP contribution in [0.5, 0.6) is 0 Å². The minimum Gasteiger partial charge on any atom is -0.469 e. The number of methoxy groups -OCH3 is 1. The molecule has 0 N–H and O–H groups in total. The summed E-state index contributed by atoms with van der Waals surface area (Å²) in [6.07, 6.45) is -8.64. The highest BCUT2D eigenvalue weighted by atomic mass is 19.4. The van der Waals surface area contributed by atoms with Gasteiger partial charge in [0.15, 0.2) is 0 Å². The maximum absolute atomic E-state index is 12.8. The van der Waals surface area contributed by atoms with Gasteiger partial charge in [-0.25, -0.2) is 8.78 Å². The minimum absolute atomic E-state index is 0.260. The average Bonchev–Trinajstić information content (AvgIpc) is 2.29. The van der Waals surface area contributed by atoms with Crippen molar-refractivity contribution in [1.29, 1.82) is 0 Å². The number of carbonyl (C=O) groups is 1. The Morgan fingerprint density at radius 1 is 1.42 bits per heavy atom. The van der Waals surface area contributed by atoms with Gasteiger partial charge in [-0.2, -0.15) is 13.2 Å². The van der Waals surface area contributed by atoms with Crippen LogP contribution in [0.1, 0.15) is 28.9 Å². The topological polar surface area (TPSA) is 39.2 Å². The van der Waals surface area contributed by atoms with Gasteiger partial charge >= 0.3 is 12.1 Å². The van der Waals surface area contributed by atoms with Crippen molar-refractivity contribution in [2.45, 2.75) is 25.9 Å². The third kappa shape index (κ3) is 3.62. The second-order valence-electron chi connectivity index (χ2n) is 3.71. The summed E-state index contributed by atoms with van der Waals surface area (Å²) in [6, 6.07) is 0.260. The number of rotatable bonds is 3. The zero-order chi connectivity index (χ0) is 14.8. The van der Waals surface area contributed by atoms with Gasteiger partial charge in [0.05, 0.1) is 19.1 Å². The van der Waals surface area contributed by atoms with Crippen LogP contribution in [0.15, 0.2) is 6.07 Å². The molecule has 0 spiro atoms. The summed E-state index contributed by atoms with van der Waals surface area (Å²) < 4.78 is 67.6. The summed E-state index contributed by atoms with van der Waals surface area (Å²) in [5.74, 6) is -0.903. The van der Waals surface area contributed by atoms with Gasteiger partial charge in [0, 0.05) is 5.69 Å². The third-order valence-corrected chi connectivity index (χ3v) is 2.43. The molecule has 0 saturated carbocycles. The first kappa shape index (κ1) is 15.3. The second kappa shape index (κ2) is 5.50. The van der Waals surface area contributed by atoms with E-state index in [1.54, 1.807) is 0 Å². The fourth-order valence-electron chi connectivity index (χ4n) is 1.53. The van der Waals surface area contributed by atoms with Crippen molar-refractivity contribution >= 4 is 5.97 Å². The summed E-state index contributed by atoms with van der Waals surface area (Å²) in [5.41, 5.74) is -2.99.